The molecule has 0 radical (unpaired) electrons. The molecule has 0 bridgehead atoms. The lowest BCUT2D eigenvalue weighted by Crippen LogP contribution is -2.30. The van der Waals surface area contributed by atoms with Crippen LogP contribution in [0.5, 0.6) is 0 Å². The van der Waals surface area contributed by atoms with Gasteiger partial charge in [0.25, 0.3) is 5.91 Å². The van der Waals surface area contributed by atoms with Crippen molar-refractivity contribution in [1.29, 1.82) is 5.26 Å². The molecule has 1 aliphatic heterocycles. The minimum absolute atomic E-state index is 0.0706. The maximum atomic E-state index is 12.3. The van der Waals surface area contributed by atoms with E-state index in [4.69, 9.17) is 10.00 Å². The zero-order chi connectivity index (χ0) is 20.1. The smallest absolute Gasteiger partial charge is 0.311 e. The Morgan fingerprint density at radius 2 is 2.11 bits per heavy atom. The lowest BCUT2D eigenvalue weighted by Gasteiger charge is -2.25. The van der Waals surface area contributed by atoms with Crippen LogP contribution in [0.25, 0.3) is 0 Å². The van der Waals surface area contributed by atoms with Crippen LogP contribution in [0.3, 0.4) is 0 Å². The number of nitrogens with one attached hydrogen (secondary N) is 1. The number of carbonyl (C=O) groups excluding carboxylic acids is 3. The van der Waals surface area contributed by atoms with Gasteiger partial charge in [-0.05, 0) is 23.9 Å². The number of amides is 2. The van der Waals surface area contributed by atoms with Crippen LogP contribution in [0.4, 0.5) is 5.00 Å². The van der Waals surface area contributed by atoms with Crippen molar-refractivity contribution in [3.8, 4) is 6.07 Å². The first kappa shape index (κ1) is 19.6. The molecule has 1 aromatic carbocycles. The van der Waals surface area contributed by atoms with Gasteiger partial charge < -0.3 is 15.0 Å². The van der Waals surface area contributed by atoms with E-state index in [0.717, 1.165) is 5.56 Å². The number of nitriles is 1. The van der Waals surface area contributed by atoms with Gasteiger partial charge in [-0.2, -0.15) is 5.26 Å². The molecule has 0 aliphatic carbocycles. The first-order valence-corrected chi connectivity index (χ1v) is 9.66. The fourth-order valence-electron chi connectivity index (χ4n) is 3.09. The van der Waals surface area contributed by atoms with Gasteiger partial charge in [-0.3, -0.25) is 14.4 Å². The summed E-state index contributed by atoms with van der Waals surface area (Å²) in [7, 11) is 0. The van der Waals surface area contributed by atoms with E-state index in [0.29, 0.717) is 10.6 Å². The second-order valence-electron chi connectivity index (χ2n) is 6.46. The van der Waals surface area contributed by atoms with E-state index in [2.05, 4.69) is 5.32 Å². The quantitative estimate of drug-likeness (QED) is 0.756. The SMILES string of the molecule is C[C@@H](c1ccccc1)N1C[C@H](C(=O)OCC(=O)Nc2sccc2C#N)CC1=O. The summed E-state index contributed by atoms with van der Waals surface area (Å²) in [6.07, 6.45) is 0.0706. The molecule has 28 heavy (non-hydrogen) atoms. The molecule has 0 saturated carbocycles. The average molecular weight is 397 g/mol. The third-order valence-electron chi connectivity index (χ3n) is 4.63. The van der Waals surface area contributed by atoms with Crippen LogP contribution in [0, 0.1) is 17.2 Å². The zero-order valence-electron chi connectivity index (χ0n) is 15.3. The van der Waals surface area contributed by atoms with E-state index in [9.17, 15) is 14.4 Å². The van der Waals surface area contributed by atoms with E-state index in [1.54, 1.807) is 16.3 Å². The highest BCUT2D eigenvalue weighted by Gasteiger charge is 2.38. The van der Waals surface area contributed by atoms with E-state index in [1.807, 2.05) is 43.3 Å². The molecule has 144 valence electrons. The monoisotopic (exact) mass is 397 g/mol. The summed E-state index contributed by atoms with van der Waals surface area (Å²) in [6.45, 7) is 1.72. The average Bonchev–Trinajstić information content (AvgIpc) is 3.32. The molecule has 7 nitrogen and oxygen atoms in total. The van der Waals surface area contributed by atoms with Crippen molar-refractivity contribution in [2.75, 3.05) is 18.5 Å². The van der Waals surface area contributed by atoms with Crippen molar-refractivity contribution in [2.24, 2.45) is 5.92 Å². The Balaban J connectivity index is 1.52. The van der Waals surface area contributed by atoms with E-state index in [-0.39, 0.29) is 24.9 Å². The molecule has 3 rings (SSSR count). The largest absolute Gasteiger partial charge is 0.455 e. The van der Waals surface area contributed by atoms with Crippen molar-refractivity contribution in [3.63, 3.8) is 0 Å². The van der Waals surface area contributed by atoms with Gasteiger partial charge in [-0.1, -0.05) is 30.3 Å². The van der Waals surface area contributed by atoms with E-state index in [1.165, 1.54) is 11.3 Å². The highest BCUT2D eigenvalue weighted by Crippen LogP contribution is 2.29. The van der Waals surface area contributed by atoms with Crippen LogP contribution in [0.1, 0.15) is 30.5 Å². The highest BCUT2D eigenvalue weighted by atomic mass is 32.1. The Bertz CT molecular complexity index is 919. The summed E-state index contributed by atoms with van der Waals surface area (Å²) in [6, 6.07) is 13.0. The first-order chi connectivity index (χ1) is 13.5. The molecule has 2 heterocycles. The molecular formula is C20H19N3O4S. The third kappa shape index (κ3) is 4.38. The van der Waals surface area contributed by atoms with Crippen LogP contribution in [-0.4, -0.2) is 35.8 Å². The molecule has 1 aromatic heterocycles. The number of carbonyl (C=O) groups is 3. The summed E-state index contributed by atoms with van der Waals surface area (Å²) in [5.74, 6) is -1.80. The summed E-state index contributed by atoms with van der Waals surface area (Å²) >= 11 is 1.22. The number of hydrogen-bond donors (Lipinski definition) is 1. The maximum Gasteiger partial charge on any atom is 0.311 e. The summed E-state index contributed by atoms with van der Waals surface area (Å²) in [5, 5.41) is 13.6. The number of benzene rings is 1. The van der Waals surface area contributed by atoms with Gasteiger partial charge in [0.05, 0.1) is 17.5 Å². The number of nitrogens with zero attached hydrogens (tertiary/aromatic N) is 2. The van der Waals surface area contributed by atoms with Crippen molar-refractivity contribution in [2.45, 2.75) is 19.4 Å². The van der Waals surface area contributed by atoms with Crippen molar-refractivity contribution < 1.29 is 19.1 Å². The van der Waals surface area contributed by atoms with Crippen LogP contribution < -0.4 is 5.32 Å². The van der Waals surface area contributed by atoms with Crippen molar-refractivity contribution >= 4 is 34.1 Å². The van der Waals surface area contributed by atoms with Gasteiger partial charge in [0.1, 0.15) is 11.1 Å². The Labute approximate surface area is 166 Å². The highest BCUT2D eigenvalue weighted by molar-refractivity contribution is 7.14. The fourth-order valence-corrected chi connectivity index (χ4v) is 3.84. The number of thiophene rings is 1. The molecule has 1 aliphatic rings. The third-order valence-corrected chi connectivity index (χ3v) is 5.46. The molecule has 8 heteroatoms. The standard InChI is InChI=1S/C20H19N3O4S/c1-13(14-5-3-2-4-6-14)23-11-16(9-18(23)25)20(26)27-12-17(24)22-19-15(10-21)7-8-28-19/h2-8,13,16H,9,11-12H2,1H3,(H,22,24)/t13-,16+/m0/s1. The summed E-state index contributed by atoms with van der Waals surface area (Å²) < 4.78 is 5.08. The van der Waals surface area contributed by atoms with Gasteiger partial charge in [0.15, 0.2) is 6.61 Å². The minimum Gasteiger partial charge on any atom is -0.455 e. The number of esters is 1. The molecule has 2 amide bonds. The fraction of sp³-hybridized carbons (Fsp3) is 0.300. The number of likely N-dealkylation sites (tertiary alicyclic amines) is 1. The zero-order valence-corrected chi connectivity index (χ0v) is 16.1. The molecule has 2 atom stereocenters. The van der Waals surface area contributed by atoms with Gasteiger partial charge in [-0.15, -0.1) is 11.3 Å². The van der Waals surface area contributed by atoms with Gasteiger partial charge >= 0.3 is 5.97 Å². The second kappa shape index (κ2) is 8.67. The number of anilines is 1. The normalized spacial score (nSPS) is 17.1. The molecule has 1 N–H and O–H groups in total. The Kier molecular flexibility index (Phi) is 6.06. The van der Waals surface area contributed by atoms with Gasteiger partial charge in [0.2, 0.25) is 5.91 Å². The first-order valence-electron chi connectivity index (χ1n) is 8.78. The second-order valence-corrected chi connectivity index (χ2v) is 7.38. The van der Waals surface area contributed by atoms with Crippen molar-refractivity contribution in [1.82, 2.24) is 4.90 Å². The number of hydrogen-bond acceptors (Lipinski definition) is 6. The molecule has 2 aromatic rings. The van der Waals surface area contributed by atoms with Crippen LogP contribution in [-0.2, 0) is 19.1 Å². The predicted octanol–water partition coefficient (Wildman–Crippen LogP) is 2.71. The Morgan fingerprint density at radius 1 is 1.36 bits per heavy atom. The van der Waals surface area contributed by atoms with Crippen LogP contribution >= 0.6 is 11.3 Å². The van der Waals surface area contributed by atoms with Gasteiger partial charge in [0, 0.05) is 13.0 Å². The number of rotatable bonds is 6. The molecular weight excluding hydrogens is 378 g/mol. The Morgan fingerprint density at radius 3 is 2.82 bits per heavy atom. The van der Waals surface area contributed by atoms with E-state index >= 15 is 0 Å². The molecule has 1 saturated heterocycles. The lowest BCUT2D eigenvalue weighted by atomic mass is 10.1. The molecule has 0 spiro atoms. The van der Waals surface area contributed by atoms with Crippen LogP contribution in [0.15, 0.2) is 41.8 Å². The molecule has 0 unspecified atom stereocenters. The predicted molar refractivity (Wildman–Crippen MR) is 103 cm³/mol. The van der Waals surface area contributed by atoms with Crippen LogP contribution in [0.2, 0.25) is 0 Å². The lowest BCUT2D eigenvalue weighted by molar-refractivity contribution is -0.151. The summed E-state index contributed by atoms with van der Waals surface area (Å²) in [5.41, 5.74) is 1.35. The number of ether oxygens (including phenoxy) is 1. The molecule has 1 fully saturated rings. The van der Waals surface area contributed by atoms with Gasteiger partial charge in [-0.25, -0.2) is 0 Å². The summed E-state index contributed by atoms with van der Waals surface area (Å²) in [4.78, 5) is 38.2. The Hall–Kier alpha value is -3.18. The van der Waals surface area contributed by atoms with E-state index < -0.39 is 24.4 Å². The minimum atomic E-state index is -0.595. The topological polar surface area (TPSA) is 99.5 Å². The maximum absolute atomic E-state index is 12.3. The van der Waals surface area contributed by atoms with Crippen molar-refractivity contribution in [3.05, 3.63) is 52.9 Å².